The van der Waals surface area contributed by atoms with Gasteiger partial charge >= 0.3 is 5.69 Å². The summed E-state index contributed by atoms with van der Waals surface area (Å²) in [7, 11) is 1.68. The van der Waals surface area contributed by atoms with E-state index < -0.39 is 0 Å². The second-order valence-electron chi connectivity index (χ2n) is 7.45. The highest BCUT2D eigenvalue weighted by Gasteiger charge is 2.30. The largest absolute Gasteiger partial charge is 0.350 e. The number of aromatic nitrogens is 3. The first-order valence-corrected chi connectivity index (χ1v) is 11.3. The Labute approximate surface area is 180 Å². The van der Waals surface area contributed by atoms with E-state index in [1.807, 2.05) is 59.5 Å². The number of amides is 1. The summed E-state index contributed by atoms with van der Waals surface area (Å²) < 4.78 is 3.07. The second-order valence-corrected chi connectivity index (χ2v) is 8.76. The third-order valence-electron chi connectivity index (χ3n) is 5.46. The molecule has 3 aromatic rings. The highest BCUT2D eigenvalue weighted by atomic mass is 32.2. The quantitative estimate of drug-likeness (QED) is 0.588. The second kappa shape index (κ2) is 8.92. The van der Waals surface area contributed by atoms with Crippen LogP contribution in [0, 0.1) is 0 Å². The predicted octanol–water partition coefficient (Wildman–Crippen LogP) is 3.70. The molecule has 4 rings (SSSR count). The number of benzene rings is 2. The number of likely N-dealkylation sites (tertiary alicyclic amines) is 1. The third kappa shape index (κ3) is 3.94. The Morgan fingerprint density at radius 2 is 1.87 bits per heavy atom. The Hall–Kier alpha value is -2.80. The number of piperidine rings is 1. The van der Waals surface area contributed by atoms with Crippen LogP contribution in [0.2, 0.25) is 0 Å². The van der Waals surface area contributed by atoms with Crippen molar-refractivity contribution in [2.75, 3.05) is 18.8 Å². The van der Waals surface area contributed by atoms with Crippen molar-refractivity contribution in [1.82, 2.24) is 19.2 Å². The zero-order valence-electron chi connectivity index (χ0n) is 17.3. The predicted molar refractivity (Wildman–Crippen MR) is 120 cm³/mol. The lowest BCUT2D eigenvalue weighted by Gasteiger charge is -2.32. The van der Waals surface area contributed by atoms with Gasteiger partial charge in [0.25, 0.3) is 5.91 Å². The van der Waals surface area contributed by atoms with Gasteiger partial charge in [-0.1, -0.05) is 37.3 Å². The fraction of sp³-hybridized carbons (Fsp3) is 0.348. The number of aryl methyl sites for hydroxylation is 1. The normalized spacial score (nSPS) is 16.6. The highest BCUT2D eigenvalue weighted by Crippen LogP contribution is 2.29. The van der Waals surface area contributed by atoms with Crippen LogP contribution < -0.4 is 5.69 Å². The summed E-state index contributed by atoms with van der Waals surface area (Å²) >= 11 is 1.69. The summed E-state index contributed by atoms with van der Waals surface area (Å²) in [4.78, 5) is 29.0. The van der Waals surface area contributed by atoms with Crippen molar-refractivity contribution in [3.8, 4) is 5.69 Å². The lowest BCUT2D eigenvalue weighted by Crippen LogP contribution is -2.40. The molecule has 0 radical (unpaired) electrons. The van der Waals surface area contributed by atoms with Gasteiger partial charge in [-0.05, 0) is 42.9 Å². The zero-order chi connectivity index (χ0) is 21.1. The van der Waals surface area contributed by atoms with Crippen molar-refractivity contribution in [2.45, 2.75) is 30.6 Å². The number of thioether (sulfide) groups is 1. The first-order valence-electron chi connectivity index (χ1n) is 10.3. The Morgan fingerprint density at radius 3 is 2.63 bits per heavy atom. The average molecular weight is 423 g/mol. The summed E-state index contributed by atoms with van der Waals surface area (Å²) in [5.74, 6) is 1.72. The van der Waals surface area contributed by atoms with E-state index in [2.05, 4.69) is 12.0 Å². The highest BCUT2D eigenvalue weighted by molar-refractivity contribution is 7.99. The molecule has 0 aliphatic carbocycles. The molecular formula is C23H26N4O2S. The Kier molecular flexibility index (Phi) is 6.08. The van der Waals surface area contributed by atoms with Gasteiger partial charge in [-0.25, -0.2) is 14.0 Å². The minimum absolute atomic E-state index is 0.0165. The topological polar surface area (TPSA) is 60.1 Å². The van der Waals surface area contributed by atoms with E-state index in [0.29, 0.717) is 6.54 Å². The fourth-order valence-electron chi connectivity index (χ4n) is 4.04. The van der Waals surface area contributed by atoms with Crippen molar-refractivity contribution in [2.24, 2.45) is 7.05 Å². The molecule has 0 spiro atoms. The zero-order valence-corrected chi connectivity index (χ0v) is 18.1. The van der Waals surface area contributed by atoms with Gasteiger partial charge in [0, 0.05) is 31.0 Å². The molecule has 7 heteroatoms. The summed E-state index contributed by atoms with van der Waals surface area (Å²) in [5.41, 5.74) is 1.40. The summed E-state index contributed by atoms with van der Waals surface area (Å²) in [6.07, 6.45) is 1.79. The summed E-state index contributed by atoms with van der Waals surface area (Å²) in [6.45, 7) is 3.38. The van der Waals surface area contributed by atoms with Gasteiger partial charge in [-0.3, -0.25) is 4.79 Å². The van der Waals surface area contributed by atoms with Gasteiger partial charge in [0.15, 0.2) is 0 Å². The molecule has 2 heterocycles. The number of para-hydroxylation sites is 1. The molecule has 156 valence electrons. The van der Waals surface area contributed by atoms with Crippen LogP contribution >= 0.6 is 11.8 Å². The van der Waals surface area contributed by atoms with E-state index in [1.165, 1.54) is 4.68 Å². The minimum atomic E-state index is -0.163. The lowest BCUT2D eigenvalue weighted by atomic mass is 9.96. The molecule has 6 nitrogen and oxygen atoms in total. The van der Waals surface area contributed by atoms with E-state index in [-0.39, 0.29) is 17.5 Å². The monoisotopic (exact) mass is 422 g/mol. The molecule has 1 amide bonds. The van der Waals surface area contributed by atoms with Crippen molar-refractivity contribution in [3.63, 3.8) is 0 Å². The van der Waals surface area contributed by atoms with Crippen molar-refractivity contribution in [3.05, 3.63) is 76.5 Å². The van der Waals surface area contributed by atoms with Crippen LogP contribution in [0.5, 0.6) is 0 Å². The number of hydrogen-bond donors (Lipinski definition) is 0. The SMILES string of the molecule is CCSc1ccccc1C(=O)N1CCC[C@H](c2nn(C)c(=O)n2-c2ccccc2)C1. The van der Waals surface area contributed by atoms with Gasteiger partial charge in [0.1, 0.15) is 5.82 Å². The van der Waals surface area contributed by atoms with Crippen LogP contribution in [0.4, 0.5) is 0 Å². The molecule has 0 bridgehead atoms. The van der Waals surface area contributed by atoms with Crippen LogP contribution in [0.1, 0.15) is 41.9 Å². The van der Waals surface area contributed by atoms with Crippen LogP contribution in [0.15, 0.2) is 64.3 Å². The van der Waals surface area contributed by atoms with E-state index in [0.717, 1.165) is 47.1 Å². The first-order chi connectivity index (χ1) is 14.6. The number of hydrogen-bond acceptors (Lipinski definition) is 4. The molecule has 1 aromatic heterocycles. The molecule has 0 saturated carbocycles. The van der Waals surface area contributed by atoms with Gasteiger partial charge in [-0.15, -0.1) is 11.8 Å². The summed E-state index contributed by atoms with van der Waals surface area (Å²) in [5, 5.41) is 4.55. The van der Waals surface area contributed by atoms with Crippen molar-refractivity contribution >= 4 is 17.7 Å². The van der Waals surface area contributed by atoms with E-state index in [4.69, 9.17) is 0 Å². The van der Waals surface area contributed by atoms with Gasteiger partial charge in [0.05, 0.1) is 11.3 Å². The molecule has 30 heavy (non-hydrogen) atoms. The van der Waals surface area contributed by atoms with Gasteiger partial charge < -0.3 is 4.90 Å². The van der Waals surface area contributed by atoms with E-state index in [9.17, 15) is 9.59 Å². The molecule has 1 aliphatic heterocycles. The maximum Gasteiger partial charge on any atom is 0.350 e. The minimum Gasteiger partial charge on any atom is -0.338 e. The summed E-state index contributed by atoms with van der Waals surface area (Å²) in [6, 6.07) is 17.4. The van der Waals surface area contributed by atoms with Crippen molar-refractivity contribution in [1.29, 1.82) is 0 Å². The maximum atomic E-state index is 13.3. The van der Waals surface area contributed by atoms with Crippen LogP contribution in [-0.2, 0) is 7.05 Å². The van der Waals surface area contributed by atoms with Crippen LogP contribution in [0.3, 0.4) is 0 Å². The van der Waals surface area contributed by atoms with Crippen LogP contribution in [-0.4, -0.2) is 44.0 Å². The van der Waals surface area contributed by atoms with E-state index >= 15 is 0 Å². The molecular weight excluding hydrogens is 396 g/mol. The lowest BCUT2D eigenvalue weighted by molar-refractivity contribution is 0.0700. The van der Waals surface area contributed by atoms with E-state index in [1.54, 1.807) is 23.4 Å². The standard InChI is InChI=1S/C23H26N4O2S/c1-3-30-20-14-8-7-13-19(20)22(28)26-15-9-10-17(16-26)21-24-25(2)23(29)27(21)18-11-5-4-6-12-18/h4-8,11-14,17H,3,9-10,15-16H2,1-2H3/t17-/m0/s1. The van der Waals surface area contributed by atoms with Crippen molar-refractivity contribution < 1.29 is 4.79 Å². The molecule has 1 aliphatic rings. The Balaban J connectivity index is 1.64. The number of carbonyl (C=O) groups is 1. The molecule has 0 N–H and O–H groups in total. The number of rotatable bonds is 5. The molecule has 1 atom stereocenters. The third-order valence-corrected chi connectivity index (χ3v) is 6.41. The first kappa shape index (κ1) is 20.5. The molecule has 0 unspecified atom stereocenters. The Morgan fingerprint density at radius 1 is 1.13 bits per heavy atom. The molecule has 1 saturated heterocycles. The van der Waals surface area contributed by atoms with Gasteiger partial charge in [-0.2, -0.15) is 5.10 Å². The van der Waals surface area contributed by atoms with Gasteiger partial charge in [0.2, 0.25) is 0 Å². The number of nitrogens with zero attached hydrogens (tertiary/aromatic N) is 4. The molecule has 2 aromatic carbocycles. The van der Waals surface area contributed by atoms with Crippen LogP contribution in [0.25, 0.3) is 5.69 Å². The Bertz CT molecular complexity index is 1090. The fourth-order valence-corrected chi connectivity index (χ4v) is 4.83. The maximum absolute atomic E-state index is 13.3. The average Bonchev–Trinajstić information content (AvgIpc) is 3.09. The smallest absolute Gasteiger partial charge is 0.338 e. The molecule has 1 fully saturated rings. The number of carbonyl (C=O) groups excluding carboxylic acids is 1.